The molecule has 0 aliphatic rings. The van der Waals surface area contributed by atoms with Gasteiger partial charge in [0.25, 0.3) is 0 Å². The van der Waals surface area contributed by atoms with Gasteiger partial charge >= 0.3 is 12.0 Å². The van der Waals surface area contributed by atoms with Gasteiger partial charge in [-0.05, 0) is 13.8 Å². The van der Waals surface area contributed by atoms with Gasteiger partial charge in [0.15, 0.2) is 5.82 Å². The lowest BCUT2D eigenvalue weighted by atomic mass is 10.1. The summed E-state index contributed by atoms with van der Waals surface area (Å²) < 4.78 is 6.46. The van der Waals surface area contributed by atoms with Gasteiger partial charge in [-0.1, -0.05) is 11.6 Å². The average molecular weight is 297 g/mol. The molecule has 2 aromatic rings. The molecule has 0 saturated carbocycles. The lowest BCUT2D eigenvalue weighted by Crippen LogP contribution is -2.06. The minimum absolute atomic E-state index is 0.0997. The summed E-state index contributed by atoms with van der Waals surface area (Å²) in [4.78, 5) is 18.9. The number of rotatable bonds is 4. The SMILES string of the molecule is COc1ncc(Cl)c(-n2nc(C)c(CC(=O)O)c2C)n1. The second-order valence-electron chi connectivity index (χ2n) is 4.16. The third-order valence-corrected chi connectivity index (χ3v) is 3.12. The van der Waals surface area contributed by atoms with Crippen molar-refractivity contribution in [1.29, 1.82) is 0 Å². The molecule has 2 heterocycles. The summed E-state index contributed by atoms with van der Waals surface area (Å²) in [5, 5.41) is 13.5. The van der Waals surface area contributed by atoms with E-state index in [4.69, 9.17) is 21.4 Å². The van der Waals surface area contributed by atoms with Crippen molar-refractivity contribution in [3.8, 4) is 11.8 Å². The van der Waals surface area contributed by atoms with E-state index in [1.54, 1.807) is 13.8 Å². The monoisotopic (exact) mass is 296 g/mol. The molecule has 0 bridgehead atoms. The van der Waals surface area contributed by atoms with Crippen molar-refractivity contribution in [2.75, 3.05) is 7.11 Å². The maximum atomic E-state index is 10.9. The summed E-state index contributed by atoms with van der Waals surface area (Å²) in [5.74, 6) is -0.558. The highest BCUT2D eigenvalue weighted by atomic mass is 35.5. The standard InChI is InChI=1S/C12H13ClN4O3/c1-6-8(4-10(18)19)7(2)17(16-6)11-9(13)5-14-12(15-11)20-3/h5H,4H2,1-3H3,(H,18,19). The zero-order chi connectivity index (χ0) is 14.9. The first-order valence-corrected chi connectivity index (χ1v) is 6.15. The third-order valence-electron chi connectivity index (χ3n) is 2.86. The number of nitrogens with zero attached hydrogens (tertiary/aromatic N) is 4. The molecular weight excluding hydrogens is 284 g/mol. The van der Waals surface area contributed by atoms with Crippen LogP contribution in [0.2, 0.25) is 5.02 Å². The van der Waals surface area contributed by atoms with Crippen LogP contribution in [-0.2, 0) is 11.2 Å². The van der Waals surface area contributed by atoms with Gasteiger partial charge in [-0.2, -0.15) is 10.1 Å². The Labute approximate surface area is 120 Å². The number of halogens is 1. The van der Waals surface area contributed by atoms with E-state index in [9.17, 15) is 4.79 Å². The van der Waals surface area contributed by atoms with Crippen molar-refractivity contribution in [1.82, 2.24) is 19.7 Å². The maximum Gasteiger partial charge on any atom is 0.318 e. The molecule has 2 aromatic heterocycles. The molecule has 0 spiro atoms. The van der Waals surface area contributed by atoms with Crippen molar-refractivity contribution in [3.63, 3.8) is 0 Å². The molecule has 0 saturated heterocycles. The largest absolute Gasteiger partial charge is 0.481 e. The van der Waals surface area contributed by atoms with Gasteiger partial charge in [-0.25, -0.2) is 9.67 Å². The Balaban J connectivity index is 2.56. The van der Waals surface area contributed by atoms with Crippen molar-refractivity contribution in [2.45, 2.75) is 20.3 Å². The summed E-state index contributed by atoms with van der Waals surface area (Å²) in [6.07, 6.45) is 1.31. The molecule has 7 nitrogen and oxygen atoms in total. The van der Waals surface area contributed by atoms with Crippen LogP contribution in [-0.4, -0.2) is 37.9 Å². The molecule has 0 unspecified atom stereocenters. The topological polar surface area (TPSA) is 90.1 Å². The van der Waals surface area contributed by atoms with Crippen LogP contribution in [0.1, 0.15) is 17.0 Å². The van der Waals surface area contributed by atoms with Crippen molar-refractivity contribution < 1.29 is 14.6 Å². The van der Waals surface area contributed by atoms with Crippen LogP contribution in [0, 0.1) is 13.8 Å². The maximum absolute atomic E-state index is 10.9. The summed E-state index contributed by atoms with van der Waals surface area (Å²) >= 11 is 6.07. The number of aryl methyl sites for hydroxylation is 1. The van der Waals surface area contributed by atoms with Crippen LogP contribution in [0.5, 0.6) is 6.01 Å². The summed E-state index contributed by atoms with van der Waals surface area (Å²) in [5.41, 5.74) is 1.94. The van der Waals surface area contributed by atoms with E-state index >= 15 is 0 Å². The molecule has 20 heavy (non-hydrogen) atoms. The molecule has 2 rings (SSSR count). The number of hydrogen-bond acceptors (Lipinski definition) is 5. The predicted molar refractivity (Wildman–Crippen MR) is 71.5 cm³/mol. The van der Waals surface area contributed by atoms with Crippen molar-refractivity contribution >= 4 is 17.6 Å². The number of hydrogen-bond donors (Lipinski definition) is 1. The molecule has 1 N–H and O–H groups in total. The first-order chi connectivity index (χ1) is 9.43. The third kappa shape index (κ3) is 2.57. The average Bonchev–Trinajstić information content (AvgIpc) is 2.67. The number of carbonyl (C=O) groups is 1. The number of ether oxygens (including phenoxy) is 1. The number of carboxylic acid groups (broad SMARTS) is 1. The molecular formula is C12H13ClN4O3. The van der Waals surface area contributed by atoms with E-state index < -0.39 is 5.97 Å². The first kappa shape index (κ1) is 14.3. The Hall–Kier alpha value is -2.15. The summed E-state index contributed by atoms with van der Waals surface area (Å²) in [7, 11) is 1.45. The zero-order valence-electron chi connectivity index (χ0n) is 11.2. The molecule has 0 amide bonds. The predicted octanol–water partition coefficient (Wildman–Crippen LogP) is 1.57. The number of aromatic nitrogens is 4. The summed E-state index contributed by atoms with van der Waals surface area (Å²) in [6, 6.07) is 0.164. The zero-order valence-corrected chi connectivity index (χ0v) is 12.0. The van der Waals surface area contributed by atoms with Crippen molar-refractivity contribution in [2.24, 2.45) is 0 Å². The van der Waals surface area contributed by atoms with E-state index in [0.29, 0.717) is 27.8 Å². The normalized spacial score (nSPS) is 10.6. The van der Waals surface area contributed by atoms with Gasteiger partial charge in [-0.15, -0.1) is 0 Å². The second-order valence-corrected chi connectivity index (χ2v) is 4.57. The first-order valence-electron chi connectivity index (χ1n) is 5.77. The molecule has 8 heteroatoms. The minimum Gasteiger partial charge on any atom is -0.481 e. The number of methoxy groups -OCH3 is 1. The Morgan fingerprint density at radius 1 is 1.50 bits per heavy atom. The Morgan fingerprint density at radius 2 is 2.20 bits per heavy atom. The van der Waals surface area contributed by atoms with Gasteiger partial charge in [0.2, 0.25) is 0 Å². The minimum atomic E-state index is -0.915. The highest BCUT2D eigenvalue weighted by Crippen LogP contribution is 2.23. The molecule has 0 aromatic carbocycles. The Kier molecular flexibility index (Phi) is 3.89. The second kappa shape index (κ2) is 5.46. The van der Waals surface area contributed by atoms with Crippen LogP contribution in [0.3, 0.4) is 0 Å². The summed E-state index contributed by atoms with van der Waals surface area (Å²) in [6.45, 7) is 3.51. The highest BCUT2D eigenvalue weighted by molar-refractivity contribution is 6.32. The lowest BCUT2D eigenvalue weighted by Gasteiger charge is -2.07. The van der Waals surface area contributed by atoms with Crippen LogP contribution in [0.25, 0.3) is 5.82 Å². The molecule has 0 radical (unpaired) electrons. The fourth-order valence-corrected chi connectivity index (χ4v) is 2.05. The van der Waals surface area contributed by atoms with Crippen LogP contribution in [0.15, 0.2) is 6.20 Å². The van der Waals surface area contributed by atoms with Crippen LogP contribution < -0.4 is 4.74 Å². The quantitative estimate of drug-likeness (QED) is 0.921. The van der Waals surface area contributed by atoms with Crippen LogP contribution in [0.4, 0.5) is 0 Å². The van der Waals surface area contributed by atoms with E-state index in [1.165, 1.54) is 18.0 Å². The van der Waals surface area contributed by atoms with E-state index in [1.807, 2.05) is 0 Å². The van der Waals surface area contributed by atoms with E-state index in [0.717, 1.165) is 0 Å². The fraction of sp³-hybridized carbons (Fsp3) is 0.333. The van der Waals surface area contributed by atoms with Gasteiger partial charge in [0, 0.05) is 11.3 Å². The van der Waals surface area contributed by atoms with Gasteiger partial charge in [0.05, 0.1) is 25.4 Å². The van der Waals surface area contributed by atoms with Gasteiger partial charge in [0.1, 0.15) is 5.02 Å². The molecule has 0 fully saturated rings. The number of carboxylic acids is 1. The smallest absolute Gasteiger partial charge is 0.318 e. The Morgan fingerprint density at radius 3 is 2.80 bits per heavy atom. The van der Waals surface area contributed by atoms with Crippen LogP contribution >= 0.6 is 11.6 Å². The van der Waals surface area contributed by atoms with E-state index in [-0.39, 0.29) is 12.4 Å². The lowest BCUT2D eigenvalue weighted by molar-refractivity contribution is -0.136. The highest BCUT2D eigenvalue weighted by Gasteiger charge is 2.18. The molecule has 0 aliphatic carbocycles. The Bertz CT molecular complexity index is 669. The van der Waals surface area contributed by atoms with Gasteiger partial charge in [-0.3, -0.25) is 4.79 Å². The molecule has 0 aliphatic heterocycles. The molecule has 0 atom stereocenters. The van der Waals surface area contributed by atoms with Gasteiger partial charge < -0.3 is 9.84 Å². The fourth-order valence-electron chi connectivity index (χ4n) is 1.88. The number of aliphatic carboxylic acids is 1. The molecule has 106 valence electrons. The van der Waals surface area contributed by atoms with Crippen molar-refractivity contribution in [3.05, 3.63) is 28.2 Å². The van der Waals surface area contributed by atoms with E-state index in [2.05, 4.69) is 15.1 Å².